The maximum atomic E-state index is 13.1. The number of carbonyl (C=O) groups is 1. The Morgan fingerprint density at radius 1 is 1.00 bits per heavy atom. The number of rotatable bonds is 0. The minimum atomic E-state index is -0.301. The van der Waals surface area contributed by atoms with Crippen LogP contribution >= 0.6 is 0 Å². The molecule has 24 heavy (non-hydrogen) atoms. The Kier molecular flexibility index (Phi) is 2.71. The molecule has 1 N–H and O–H groups in total. The zero-order chi connectivity index (χ0) is 16.4. The van der Waals surface area contributed by atoms with Crippen LogP contribution in [0.1, 0.15) is 47.2 Å². The fraction of sp³-hybridized carbons (Fsp3) is 0.381. The lowest BCUT2D eigenvalue weighted by Crippen LogP contribution is -2.68. The molecule has 2 heterocycles. The molecule has 0 aromatic heterocycles. The number of anilines is 1. The first kappa shape index (κ1) is 14.1. The van der Waals surface area contributed by atoms with E-state index in [9.17, 15) is 4.79 Å². The number of nitrogens with one attached hydrogen (secondary N) is 1. The predicted octanol–water partition coefficient (Wildman–Crippen LogP) is 3.63. The molecular formula is C21H22N2O. The van der Waals surface area contributed by atoms with Crippen molar-refractivity contribution in [1.29, 1.82) is 0 Å². The van der Waals surface area contributed by atoms with Crippen molar-refractivity contribution < 1.29 is 4.79 Å². The summed E-state index contributed by atoms with van der Waals surface area (Å²) in [6.07, 6.45) is 5.46. The maximum absolute atomic E-state index is 13.1. The molecule has 1 amide bonds. The van der Waals surface area contributed by atoms with Crippen molar-refractivity contribution in [3.63, 3.8) is 0 Å². The highest BCUT2D eigenvalue weighted by atomic mass is 16.2. The summed E-state index contributed by atoms with van der Waals surface area (Å²) in [5.41, 5.74) is 4.38. The Hall–Kier alpha value is -2.29. The summed E-state index contributed by atoms with van der Waals surface area (Å²) in [5, 5.41) is 3.49. The molecule has 3 aliphatic rings. The van der Waals surface area contributed by atoms with E-state index in [-0.39, 0.29) is 17.0 Å². The van der Waals surface area contributed by atoms with Crippen LogP contribution in [0, 0.1) is 0 Å². The molecule has 2 atom stereocenters. The normalized spacial score (nSPS) is 30.5. The first-order chi connectivity index (χ1) is 11.7. The highest BCUT2D eigenvalue weighted by molar-refractivity contribution is 5.98. The molecule has 1 fully saturated rings. The first-order valence-electron chi connectivity index (χ1n) is 8.92. The Labute approximate surface area is 142 Å². The van der Waals surface area contributed by atoms with Crippen molar-refractivity contribution >= 4 is 11.6 Å². The topological polar surface area (TPSA) is 32.3 Å². The average molecular weight is 318 g/mol. The third kappa shape index (κ3) is 1.50. The Balaban J connectivity index is 1.82. The molecule has 2 aromatic rings. The van der Waals surface area contributed by atoms with E-state index in [2.05, 4.69) is 53.7 Å². The standard InChI is InChI=1S/C21H22N2O/c1-23-18-11-5-4-10-17(18)20-12-6-7-13-21(20,23)22-19(24)16-9-3-2-8-15(16)14-20/h2-5,8-11H,6-7,12-14H2,1H3,(H,22,24). The Morgan fingerprint density at radius 2 is 1.75 bits per heavy atom. The predicted molar refractivity (Wildman–Crippen MR) is 95.3 cm³/mol. The van der Waals surface area contributed by atoms with Gasteiger partial charge in [-0.15, -0.1) is 0 Å². The minimum absolute atomic E-state index is 0.0289. The quantitative estimate of drug-likeness (QED) is 0.804. The molecular weight excluding hydrogens is 296 g/mol. The van der Waals surface area contributed by atoms with Gasteiger partial charge in [-0.05, 0) is 48.9 Å². The lowest BCUT2D eigenvalue weighted by molar-refractivity contribution is 0.0762. The van der Waals surface area contributed by atoms with Crippen molar-refractivity contribution in [3.05, 3.63) is 65.2 Å². The van der Waals surface area contributed by atoms with E-state index in [0.29, 0.717) is 0 Å². The van der Waals surface area contributed by atoms with Gasteiger partial charge in [-0.2, -0.15) is 0 Å². The fourth-order valence-corrected chi connectivity index (χ4v) is 5.55. The molecule has 0 spiro atoms. The van der Waals surface area contributed by atoms with Crippen LogP contribution in [-0.4, -0.2) is 18.6 Å². The van der Waals surface area contributed by atoms with Crippen LogP contribution in [0.4, 0.5) is 5.69 Å². The van der Waals surface area contributed by atoms with Crippen molar-refractivity contribution in [2.45, 2.75) is 43.2 Å². The van der Waals surface area contributed by atoms with Gasteiger partial charge in [0, 0.05) is 23.7 Å². The zero-order valence-corrected chi connectivity index (χ0v) is 14.0. The molecule has 3 nitrogen and oxygen atoms in total. The lowest BCUT2D eigenvalue weighted by atomic mass is 9.61. The third-order valence-electron chi connectivity index (χ3n) is 6.61. The number of benzene rings is 2. The van der Waals surface area contributed by atoms with Gasteiger partial charge in [-0.3, -0.25) is 4.79 Å². The van der Waals surface area contributed by atoms with Crippen LogP contribution in [0.3, 0.4) is 0 Å². The zero-order valence-electron chi connectivity index (χ0n) is 14.0. The van der Waals surface area contributed by atoms with E-state index in [1.54, 1.807) is 0 Å². The van der Waals surface area contributed by atoms with Crippen LogP contribution < -0.4 is 10.2 Å². The van der Waals surface area contributed by atoms with Crippen molar-refractivity contribution in [1.82, 2.24) is 5.32 Å². The van der Waals surface area contributed by atoms with Gasteiger partial charge >= 0.3 is 0 Å². The SMILES string of the molecule is CN1c2ccccc2C23CCCCC12NC(=O)c1ccccc1C3. The molecule has 0 radical (unpaired) electrons. The number of para-hydroxylation sites is 1. The summed E-state index contributed by atoms with van der Waals surface area (Å²) >= 11 is 0. The van der Waals surface area contributed by atoms with E-state index in [1.165, 1.54) is 23.2 Å². The molecule has 1 aliphatic carbocycles. The Bertz CT molecular complexity index is 845. The summed E-state index contributed by atoms with van der Waals surface area (Å²) in [5.74, 6) is 0.0778. The third-order valence-corrected chi connectivity index (χ3v) is 6.61. The molecule has 5 rings (SSSR count). The molecule has 122 valence electrons. The van der Waals surface area contributed by atoms with Gasteiger partial charge < -0.3 is 10.2 Å². The first-order valence-corrected chi connectivity index (χ1v) is 8.92. The van der Waals surface area contributed by atoms with E-state index in [0.717, 1.165) is 31.2 Å². The maximum Gasteiger partial charge on any atom is 0.253 e. The van der Waals surface area contributed by atoms with Crippen LogP contribution in [0.25, 0.3) is 0 Å². The monoisotopic (exact) mass is 318 g/mol. The van der Waals surface area contributed by atoms with Crippen molar-refractivity contribution in [2.24, 2.45) is 0 Å². The van der Waals surface area contributed by atoms with Crippen LogP contribution in [0.15, 0.2) is 48.5 Å². The summed E-state index contributed by atoms with van der Waals surface area (Å²) in [6, 6.07) is 16.9. The van der Waals surface area contributed by atoms with E-state index in [4.69, 9.17) is 0 Å². The van der Waals surface area contributed by atoms with Crippen LogP contribution in [0.2, 0.25) is 0 Å². The smallest absolute Gasteiger partial charge is 0.253 e. The minimum Gasteiger partial charge on any atom is -0.351 e. The van der Waals surface area contributed by atoms with Gasteiger partial charge in [0.2, 0.25) is 0 Å². The van der Waals surface area contributed by atoms with Gasteiger partial charge in [0.1, 0.15) is 5.66 Å². The van der Waals surface area contributed by atoms with Gasteiger partial charge in [0.15, 0.2) is 0 Å². The molecule has 2 aliphatic heterocycles. The molecule has 0 bridgehead atoms. The van der Waals surface area contributed by atoms with Gasteiger partial charge in [0.25, 0.3) is 5.91 Å². The number of nitrogens with zero attached hydrogens (tertiary/aromatic N) is 1. The van der Waals surface area contributed by atoms with E-state index < -0.39 is 0 Å². The number of hydrogen-bond acceptors (Lipinski definition) is 2. The van der Waals surface area contributed by atoms with Crippen molar-refractivity contribution in [3.8, 4) is 0 Å². The number of carbonyl (C=O) groups excluding carboxylic acids is 1. The van der Waals surface area contributed by atoms with E-state index in [1.807, 2.05) is 12.1 Å². The summed E-state index contributed by atoms with van der Waals surface area (Å²) in [6.45, 7) is 0. The second kappa shape index (κ2) is 4.62. The second-order valence-electron chi connectivity index (χ2n) is 7.51. The molecule has 2 unspecified atom stereocenters. The van der Waals surface area contributed by atoms with Crippen molar-refractivity contribution in [2.75, 3.05) is 11.9 Å². The van der Waals surface area contributed by atoms with Crippen LogP contribution in [0.5, 0.6) is 0 Å². The average Bonchev–Trinajstić information content (AvgIpc) is 2.74. The number of amides is 1. The second-order valence-corrected chi connectivity index (χ2v) is 7.51. The molecule has 0 saturated heterocycles. The fourth-order valence-electron chi connectivity index (χ4n) is 5.55. The largest absolute Gasteiger partial charge is 0.351 e. The van der Waals surface area contributed by atoms with Gasteiger partial charge in [0.05, 0.1) is 0 Å². The van der Waals surface area contributed by atoms with Crippen LogP contribution in [-0.2, 0) is 11.8 Å². The van der Waals surface area contributed by atoms with E-state index >= 15 is 0 Å². The highest BCUT2D eigenvalue weighted by Gasteiger charge is 2.63. The number of fused-ring (bicyclic) bond motifs is 2. The van der Waals surface area contributed by atoms with Gasteiger partial charge in [-0.1, -0.05) is 42.8 Å². The summed E-state index contributed by atoms with van der Waals surface area (Å²) in [4.78, 5) is 15.4. The number of hydrogen-bond donors (Lipinski definition) is 1. The number of likely N-dealkylation sites (N-methyl/N-ethyl adjacent to an activating group) is 1. The summed E-state index contributed by atoms with van der Waals surface area (Å²) in [7, 11) is 2.15. The molecule has 3 heteroatoms. The Morgan fingerprint density at radius 3 is 2.67 bits per heavy atom. The highest BCUT2D eigenvalue weighted by Crippen LogP contribution is 2.59. The molecule has 1 saturated carbocycles. The van der Waals surface area contributed by atoms with Gasteiger partial charge in [-0.25, -0.2) is 0 Å². The summed E-state index contributed by atoms with van der Waals surface area (Å²) < 4.78 is 0. The molecule has 2 aromatic carbocycles. The lowest BCUT2D eigenvalue weighted by Gasteiger charge is -2.52.